The topological polar surface area (TPSA) is 20.2 Å². The predicted octanol–water partition coefficient (Wildman–Crippen LogP) is 3.04. The molecule has 0 aromatic heterocycles. The Morgan fingerprint density at radius 3 is 3.07 bits per heavy atom. The zero-order chi connectivity index (χ0) is 10.2. The van der Waals surface area contributed by atoms with Gasteiger partial charge in [-0.05, 0) is 37.3 Å². The third-order valence-corrected chi connectivity index (χ3v) is 2.64. The van der Waals surface area contributed by atoms with Gasteiger partial charge in [0.2, 0.25) is 0 Å². The molecule has 78 valence electrons. The van der Waals surface area contributed by atoms with Crippen LogP contribution >= 0.6 is 0 Å². The standard InChI is InChI=1S/C13H20O/c1-2-3-4-5-6-9-12-10-7-8-11-13(12)14/h9,13-14H,2-4,7-8,10-11H2,1H3/b12-9-/t13-/m1/s1. The van der Waals surface area contributed by atoms with Crippen LogP contribution in [-0.2, 0) is 0 Å². The van der Waals surface area contributed by atoms with E-state index in [1.54, 1.807) is 0 Å². The Kier molecular flexibility index (Phi) is 5.40. The second-order valence-corrected chi connectivity index (χ2v) is 3.91. The van der Waals surface area contributed by atoms with Crippen LogP contribution < -0.4 is 0 Å². The van der Waals surface area contributed by atoms with E-state index in [1.807, 2.05) is 6.08 Å². The number of aliphatic hydroxyl groups excluding tert-OH is 1. The fraction of sp³-hybridized carbons (Fsp3) is 0.692. The molecule has 0 spiro atoms. The average Bonchev–Trinajstić information content (AvgIpc) is 2.20. The first kappa shape index (κ1) is 11.3. The first-order chi connectivity index (χ1) is 6.84. The van der Waals surface area contributed by atoms with Crippen molar-refractivity contribution in [3.8, 4) is 11.8 Å². The molecule has 1 heteroatoms. The van der Waals surface area contributed by atoms with Gasteiger partial charge in [0.05, 0.1) is 6.10 Å². The first-order valence-electron chi connectivity index (χ1n) is 5.70. The largest absolute Gasteiger partial charge is 0.389 e. The zero-order valence-electron chi connectivity index (χ0n) is 9.05. The van der Waals surface area contributed by atoms with Crippen molar-refractivity contribution < 1.29 is 5.11 Å². The number of hydrogen-bond donors (Lipinski definition) is 1. The van der Waals surface area contributed by atoms with E-state index in [9.17, 15) is 5.11 Å². The second-order valence-electron chi connectivity index (χ2n) is 3.91. The van der Waals surface area contributed by atoms with Crippen molar-refractivity contribution >= 4 is 0 Å². The Morgan fingerprint density at radius 1 is 1.50 bits per heavy atom. The van der Waals surface area contributed by atoms with Crippen LogP contribution in [0.25, 0.3) is 0 Å². The average molecular weight is 192 g/mol. The highest BCUT2D eigenvalue weighted by molar-refractivity contribution is 5.24. The van der Waals surface area contributed by atoms with Crippen molar-refractivity contribution in [2.75, 3.05) is 0 Å². The normalized spacial score (nSPS) is 24.4. The second kappa shape index (κ2) is 6.68. The van der Waals surface area contributed by atoms with E-state index in [2.05, 4.69) is 18.8 Å². The lowest BCUT2D eigenvalue weighted by atomic mass is 9.92. The van der Waals surface area contributed by atoms with Gasteiger partial charge in [0.25, 0.3) is 0 Å². The molecule has 14 heavy (non-hydrogen) atoms. The molecule has 0 saturated heterocycles. The van der Waals surface area contributed by atoms with Crippen LogP contribution in [0.1, 0.15) is 51.9 Å². The minimum atomic E-state index is -0.218. The van der Waals surface area contributed by atoms with Crippen molar-refractivity contribution in [3.63, 3.8) is 0 Å². The van der Waals surface area contributed by atoms with E-state index in [4.69, 9.17) is 0 Å². The summed E-state index contributed by atoms with van der Waals surface area (Å²) in [6.45, 7) is 2.17. The molecule has 0 unspecified atom stereocenters. The number of hydrogen-bond acceptors (Lipinski definition) is 1. The summed E-state index contributed by atoms with van der Waals surface area (Å²) in [5.74, 6) is 6.16. The molecule has 1 aliphatic carbocycles. The smallest absolute Gasteiger partial charge is 0.0759 e. The maximum Gasteiger partial charge on any atom is 0.0759 e. The van der Waals surface area contributed by atoms with Gasteiger partial charge in [0.15, 0.2) is 0 Å². The summed E-state index contributed by atoms with van der Waals surface area (Å²) in [6.07, 6.45) is 9.39. The third-order valence-electron chi connectivity index (χ3n) is 2.64. The van der Waals surface area contributed by atoms with Crippen LogP contribution in [0, 0.1) is 11.8 Å². The lowest BCUT2D eigenvalue weighted by molar-refractivity contribution is 0.178. The molecule has 1 N–H and O–H groups in total. The third kappa shape index (κ3) is 3.98. The fourth-order valence-corrected chi connectivity index (χ4v) is 1.67. The van der Waals surface area contributed by atoms with Gasteiger partial charge in [-0.1, -0.05) is 31.6 Å². The van der Waals surface area contributed by atoms with Crippen molar-refractivity contribution in [2.24, 2.45) is 0 Å². The number of rotatable bonds is 2. The quantitative estimate of drug-likeness (QED) is 0.526. The summed E-state index contributed by atoms with van der Waals surface area (Å²) in [7, 11) is 0. The molecule has 1 atom stereocenters. The van der Waals surface area contributed by atoms with E-state index in [0.717, 1.165) is 31.3 Å². The van der Waals surface area contributed by atoms with E-state index < -0.39 is 0 Å². The molecule has 1 saturated carbocycles. The summed E-state index contributed by atoms with van der Waals surface area (Å²) in [4.78, 5) is 0. The van der Waals surface area contributed by atoms with Gasteiger partial charge in [0.1, 0.15) is 0 Å². The lowest BCUT2D eigenvalue weighted by Crippen LogP contribution is -2.14. The van der Waals surface area contributed by atoms with Gasteiger partial charge < -0.3 is 5.11 Å². The molecule has 0 amide bonds. The fourth-order valence-electron chi connectivity index (χ4n) is 1.67. The molecule has 0 aliphatic heterocycles. The monoisotopic (exact) mass is 192 g/mol. The summed E-state index contributed by atoms with van der Waals surface area (Å²) in [5, 5.41) is 9.64. The lowest BCUT2D eigenvalue weighted by Gasteiger charge is -2.19. The molecule has 1 rings (SSSR count). The Bertz CT molecular complexity index is 242. The van der Waals surface area contributed by atoms with Gasteiger partial charge >= 0.3 is 0 Å². The van der Waals surface area contributed by atoms with Gasteiger partial charge in [-0.25, -0.2) is 0 Å². The Morgan fingerprint density at radius 2 is 2.36 bits per heavy atom. The molecular formula is C13H20O. The van der Waals surface area contributed by atoms with Gasteiger partial charge in [-0.3, -0.25) is 0 Å². The van der Waals surface area contributed by atoms with Gasteiger partial charge in [-0.2, -0.15) is 0 Å². The number of unbranched alkanes of at least 4 members (excludes halogenated alkanes) is 2. The number of allylic oxidation sites excluding steroid dienone is 1. The molecule has 1 nitrogen and oxygen atoms in total. The van der Waals surface area contributed by atoms with Crippen LogP contribution in [0.5, 0.6) is 0 Å². The van der Waals surface area contributed by atoms with Crippen LogP contribution in [0.4, 0.5) is 0 Å². The molecule has 0 aromatic rings. The molecule has 0 aromatic carbocycles. The van der Waals surface area contributed by atoms with E-state index in [-0.39, 0.29) is 6.10 Å². The molecule has 0 radical (unpaired) electrons. The summed E-state index contributed by atoms with van der Waals surface area (Å²) >= 11 is 0. The Balaban J connectivity index is 2.36. The molecular weight excluding hydrogens is 172 g/mol. The predicted molar refractivity (Wildman–Crippen MR) is 59.9 cm³/mol. The summed E-state index contributed by atoms with van der Waals surface area (Å²) < 4.78 is 0. The minimum Gasteiger partial charge on any atom is -0.389 e. The van der Waals surface area contributed by atoms with Crippen molar-refractivity contribution in [3.05, 3.63) is 11.6 Å². The molecule has 0 bridgehead atoms. The Labute approximate surface area is 87.2 Å². The molecule has 1 aliphatic rings. The van der Waals surface area contributed by atoms with Gasteiger partial charge in [0, 0.05) is 6.42 Å². The number of aliphatic hydroxyl groups is 1. The van der Waals surface area contributed by atoms with Gasteiger partial charge in [-0.15, -0.1) is 0 Å². The highest BCUT2D eigenvalue weighted by Crippen LogP contribution is 2.22. The van der Waals surface area contributed by atoms with E-state index >= 15 is 0 Å². The van der Waals surface area contributed by atoms with Crippen LogP contribution in [-0.4, -0.2) is 11.2 Å². The SMILES string of the molecule is CCCCC#C/C=C1/CCCC[C@H]1O. The maximum absolute atomic E-state index is 9.64. The highest BCUT2D eigenvalue weighted by atomic mass is 16.3. The molecule has 0 heterocycles. The van der Waals surface area contributed by atoms with Crippen molar-refractivity contribution in [2.45, 2.75) is 58.0 Å². The molecule has 1 fully saturated rings. The maximum atomic E-state index is 9.64. The highest BCUT2D eigenvalue weighted by Gasteiger charge is 2.14. The van der Waals surface area contributed by atoms with E-state index in [1.165, 1.54) is 19.3 Å². The van der Waals surface area contributed by atoms with Crippen molar-refractivity contribution in [1.29, 1.82) is 0 Å². The van der Waals surface area contributed by atoms with Crippen LogP contribution in [0.3, 0.4) is 0 Å². The summed E-state index contributed by atoms with van der Waals surface area (Å²) in [5.41, 5.74) is 1.14. The Hall–Kier alpha value is -0.740. The first-order valence-corrected chi connectivity index (χ1v) is 5.70. The van der Waals surface area contributed by atoms with E-state index in [0.29, 0.717) is 0 Å². The van der Waals surface area contributed by atoms with Crippen molar-refractivity contribution in [1.82, 2.24) is 0 Å². The minimum absolute atomic E-state index is 0.218. The van der Waals surface area contributed by atoms with Crippen LogP contribution in [0.15, 0.2) is 11.6 Å². The van der Waals surface area contributed by atoms with Crippen LogP contribution in [0.2, 0.25) is 0 Å². The zero-order valence-corrected chi connectivity index (χ0v) is 9.05. The summed E-state index contributed by atoms with van der Waals surface area (Å²) in [6, 6.07) is 0.